The van der Waals surface area contributed by atoms with Crippen molar-refractivity contribution >= 4 is 62.4 Å². The highest BCUT2D eigenvalue weighted by atomic mass is 79.9. The maximum absolute atomic E-state index is 6.13. The van der Waals surface area contributed by atoms with Crippen molar-refractivity contribution in [3.05, 3.63) is 105 Å². The minimum Gasteiger partial charge on any atom is -0.231 e. The smallest absolute Gasteiger partial charge is 0.207 e. The Kier molecular flexibility index (Phi) is 7.01. The van der Waals surface area contributed by atoms with Crippen molar-refractivity contribution in [2.24, 2.45) is 5.10 Å². The summed E-state index contributed by atoms with van der Waals surface area (Å²) in [4.78, 5) is 4.90. The number of benzene rings is 3. The maximum Gasteiger partial charge on any atom is 0.207 e. The van der Waals surface area contributed by atoms with E-state index in [1.54, 1.807) is 11.3 Å². The number of aryl methyl sites for hydroxylation is 1. The molecule has 1 atom stereocenters. The van der Waals surface area contributed by atoms with Gasteiger partial charge in [-0.3, -0.25) is 0 Å². The van der Waals surface area contributed by atoms with Crippen LogP contribution in [-0.4, -0.2) is 10.7 Å². The minimum absolute atomic E-state index is 0. The van der Waals surface area contributed by atoms with E-state index in [4.69, 9.17) is 33.3 Å². The zero-order valence-electron chi connectivity index (χ0n) is 17.2. The van der Waals surface area contributed by atoms with Crippen LogP contribution in [0.15, 0.2) is 83.3 Å². The molecule has 2 heterocycles. The largest absolute Gasteiger partial charge is 0.231 e. The Morgan fingerprint density at radius 2 is 1.44 bits per heavy atom. The number of thiazole rings is 1. The normalized spacial score (nSPS) is 15.4. The minimum atomic E-state index is 0. The maximum atomic E-state index is 6.13. The SMILES string of the molecule is Br.Cc1ccc(C2=NN(c3nc(-c4ccc(Cl)cc4)cs3)C(c3ccc(Cl)cc3)C2)cc1. The van der Waals surface area contributed by atoms with Crippen LogP contribution in [-0.2, 0) is 0 Å². The molecule has 0 bridgehead atoms. The first-order valence-corrected chi connectivity index (χ1v) is 11.6. The van der Waals surface area contributed by atoms with Gasteiger partial charge in [0.05, 0.1) is 17.4 Å². The molecular weight excluding hydrogens is 525 g/mol. The first-order valence-electron chi connectivity index (χ1n) is 9.97. The second-order valence-corrected chi connectivity index (χ2v) is 9.26. The second kappa shape index (κ2) is 9.75. The molecule has 0 saturated carbocycles. The van der Waals surface area contributed by atoms with Gasteiger partial charge < -0.3 is 0 Å². The van der Waals surface area contributed by atoms with Gasteiger partial charge in [-0.05, 0) is 42.3 Å². The van der Waals surface area contributed by atoms with E-state index in [1.165, 1.54) is 11.1 Å². The first-order chi connectivity index (χ1) is 15.1. The van der Waals surface area contributed by atoms with E-state index in [9.17, 15) is 0 Å². The van der Waals surface area contributed by atoms with Crippen LogP contribution >= 0.6 is 51.5 Å². The van der Waals surface area contributed by atoms with Crippen molar-refractivity contribution in [2.45, 2.75) is 19.4 Å². The van der Waals surface area contributed by atoms with Crippen molar-refractivity contribution in [2.75, 3.05) is 5.01 Å². The number of anilines is 1. The van der Waals surface area contributed by atoms with Crippen molar-refractivity contribution < 1.29 is 0 Å². The lowest BCUT2D eigenvalue weighted by atomic mass is 9.98. The molecule has 1 aromatic heterocycles. The third-order valence-corrected chi connectivity index (χ3v) is 6.71. The average Bonchev–Trinajstić information content (AvgIpc) is 3.43. The molecule has 1 aliphatic rings. The molecule has 0 spiro atoms. The number of hydrazone groups is 1. The summed E-state index contributed by atoms with van der Waals surface area (Å²) in [5, 5.41) is 11.4. The topological polar surface area (TPSA) is 28.5 Å². The number of hydrogen-bond donors (Lipinski definition) is 0. The fourth-order valence-corrected chi connectivity index (χ4v) is 4.76. The molecule has 3 nitrogen and oxygen atoms in total. The van der Waals surface area contributed by atoms with Gasteiger partial charge in [-0.15, -0.1) is 28.3 Å². The van der Waals surface area contributed by atoms with Crippen LogP contribution in [0.2, 0.25) is 10.0 Å². The molecule has 3 aromatic carbocycles. The zero-order valence-corrected chi connectivity index (χ0v) is 21.2. The molecule has 0 N–H and O–H groups in total. The quantitative estimate of drug-likeness (QED) is 0.258. The summed E-state index contributed by atoms with van der Waals surface area (Å²) < 4.78 is 0. The molecule has 0 aliphatic carbocycles. The van der Waals surface area contributed by atoms with E-state index in [-0.39, 0.29) is 23.0 Å². The lowest BCUT2D eigenvalue weighted by molar-refractivity contribution is 0.706. The van der Waals surface area contributed by atoms with Crippen LogP contribution in [0.25, 0.3) is 11.3 Å². The summed E-state index contributed by atoms with van der Waals surface area (Å²) in [5.74, 6) is 0. The molecule has 1 aliphatic heterocycles. The number of halogens is 3. The molecule has 162 valence electrons. The van der Waals surface area contributed by atoms with Crippen LogP contribution < -0.4 is 5.01 Å². The molecule has 1 unspecified atom stereocenters. The summed E-state index contributed by atoms with van der Waals surface area (Å²) in [5.41, 5.74) is 6.56. The highest BCUT2D eigenvalue weighted by molar-refractivity contribution is 8.93. The van der Waals surface area contributed by atoms with E-state index in [1.807, 2.05) is 41.4 Å². The van der Waals surface area contributed by atoms with Gasteiger partial charge in [0.25, 0.3) is 0 Å². The third-order valence-electron chi connectivity index (χ3n) is 5.38. The van der Waals surface area contributed by atoms with Gasteiger partial charge >= 0.3 is 0 Å². The van der Waals surface area contributed by atoms with E-state index in [0.717, 1.165) is 39.1 Å². The van der Waals surface area contributed by atoms with Crippen LogP contribution in [0.4, 0.5) is 5.13 Å². The van der Waals surface area contributed by atoms with Crippen molar-refractivity contribution in [1.29, 1.82) is 0 Å². The summed E-state index contributed by atoms with van der Waals surface area (Å²) >= 11 is 13.8. The van der Waals surface area contributed by atoms with E-state index in [0.29, 0.717) is 5.02 Å². The molecule has 0 fully saturated rings. The fraction of sp³-hybridized carbons (Fsp3) is 0.120. The summed E-state index contributed by atoms with van der Waals surface area (Å²) in [6.07, 6.45) is 0.806. The first kappa shape index (κ1) is 23.0. The van der Waals surface area contributed by atoms with Crippen LogP contribution in [0, 0.1) is 6.92 Å². The standard InChI is InChI=1S/C25H19Cl2N3S.BrH/c1-16-2-4-17(5-3-16)22-14-24(19-8-12-21(27)13-9-19)30(29-22)25-28-23(15-31-25)18-6-10-20(26)11-7-18;/h2-13,15,24H,14H2,1H3;1H. The van der Waals surface area contributed by atoms with E-state index >= 15 is 0 Å². The van der Waals surface area contributed by atoms with Gasteiger partial charge in [0.1, 0.15) is 0 Å². The Bertz CT molecular complexity index is 1240. The molecule has 32 heavy (non-hydrogen) atoms. The molecule has 0 saturated heterocycles. The molecule has 7 heteroatoms. The second-order valence-electron chi connectivity index (χ2n) is 7.55. The van der Waals surface area contributed by atoms with E-state index < -0.39 is 0 Å². The van der Waals surface area contributed by atoms with Crippen molar-refractivity contribution in [1.82, 2.24) is 4.98 Å². The van der Waals surface area contributed by atoms with Gasteiger partial charge in [0.2, 0.25) is 5.13 Å². The van der Waals surface area contributed by atoms with E-state index in [2.05, 4.69) is 48.7 Å². The lowest BCUT2D eigenvalue weighted by Crippen LogP contribution is -2.18. The lowest BCUT2D eigenvalue weighted by Gasteiger charge is -2.21. The third kappa shape index (κ3) is 4.76. The number of rotatable bonds is 4. The summed E-state index contributed by atoms with van der Waals surface area (Å²) in [6, 6.07) is 24.3. The highest BCUT2D eigenvalue weighted by Crippen LogP contribution is 2.39. The van der Waals surface area contributed by atoms with Crippen LogP contribution in [0.3, 0.4) is 0 Å². The summed E-state index contributed by atoms with van der Waals surface area (Å²) in [6.45, 7) is 2.09. The van der Waals surface area contributed by atoms with Crippen molar-refractivity contribution in [3.63, 3.8) is 0 Å². The molecule has 0 radical (unpaired) electrons. The summed E-state index contributed by atoms with van der Waals surface area (Å²) in [7, 11) is 0. The van der Waals surface area contributed by atoms with Gasteiger partial charge in [-0.2, -0.15) is 5.10 Å². The molecule has 0 amide bonds. The average molecular weight is 545 g/mol. The van der Waals surface area contributed by atoms with Gasteiger partial charge in [0.15, 0.2) is 0 Å². The zero-order chi connectivity index (χ0) is 21.4. The Balaban J connectivity index is 0.00000245. The molecular formula is C25H20BrCl2N3S. The number of nitrogens with zero attached hydrogens (tertiary/aromatic N) is 3. The van der Waals surface area contributed by atoms with Gasteiger partial charge in [-0.1, -0.05) is 77.3 Å². The van der Waals surface area contributed by atoms with Gasteiger partial charge in [-0.25, -0.2) is 9.99 Å². The number of hydrogen-bond acceptors (Lipinski definition) is 4. The fourth-order valence-electron chi connectivity index (χ4n) is 3.67. The van der Waals surface area contributed by atoms with Crippen molar-refractivity contribution in [3.8, 4) is 11.3 Å². The van der Waals surface area contributed by atoms with Crippen LogP contribution in [0.5, 0.6) is 0 Å². The Hall–Kier alpha value is -2.18. The Labute approximate surface area is 212 Å². The Morgan fingerprint density at radius 3 is 2.09 bits per heavy atom. The molecule has 5 rings (SSSR count). The van der Waals surface area contributed by atoms with Gasteiger partial charge in [0, 0.05) is 27.4 Å². The molecule has 4 aromatic rings. The highest BCUT2D eigenvalue weighted by Gasteiger charge is 2.31. The predicted molar refractivity (Wildman–Crippen MR) is 142 cm³/mol. The number of aromatic nitrogens is 1. The Morgan fingerprint density at radius 1 is 0.844 bits per heavy atom. The predicted octanol–water partition coefficient (Wildman–Crippen LogP) is 8.36. The monoisotopic (exact) mass is 543 g/mol. The van der Waals surface area contributed by atoms with Crippen LogP contribution in [0.1, 0.15) is 29.2 Å².